The van der Waals surface area contributed by atoms with Crippen LogP contribution in [0.2, 0.25) is 0 Å². The lowest BCUT2D eigenvalue weighted by Gasteiger charge is -2.30. The number of amides is 1. The Morgan fingerprint density at radius 3 is 2.50 bits per heavy atom. The Bertz CT molecular complexity index is 534. The highest BCUT2D eigenvalue weighted by Gasteiger charge is 2.43. The molecule has 1 saturated heterocycles. The van der Waals surface area contributed by atoms with Crippen LogP contribution in [0.4, 0.5) is 4.39 Å². The number of carbonyl (C=O) groups is 1. The Morgan fingerprint density at radius 2 is 1.91 bits per heavy atom. The van der Waals surface area contributed by atoms with Crippen molar-refractivity contribution in [1.29, 1.82) is 0 Å². The minimum atomic E-state index is -0.775. The summed E-state index contributed by atoms with van der Waals surface area (Å²) in [6, 6.07) is 6.29. The maximum Gasteiger partial charge on any atom is 0.230 e. The molecular formula is C17H22FNO2S. The summed E-state index contributed by atoms with van der Waals surface area (Å²) < 4.78 is 13.2. The van der Waals surface area contributed by atoms with Crippen LogP contribution in [0.3, 0.4) is 0 Å². The van der Waals surface area contributed by atoms with Crippen molar-refractivity contribution >= 4 is 17.7 Å². The molecule has 1 aromatic carbocycles. The highest BCUT2D eigenvalue weighted by atomic mass is 32.2. The van der Waals surface area contributed by atoms with Crippen LogP contribution < -0.4 is 5.32 Å². The topological polar surface area (TPSA) is 49.3 Å². The van der Waals surface area contributed by atoms with E-state index >= 15 is 0 Å². The van der Waals surface area contributed by atoms with Gasteiger partial charge in [-0.15, -0.1) is 0 Å². The van der Waals surface area contributed by atoms with Crippen molar-refractivity contribution in [1.82, 2.24) is 5.32 Å². The summed E-state index contributed by atoms with van der Waals surface area (Å²) in [6.45, 7) is 0.307. The fourth-order valence-corrected chi connectivity index (χ4v) is 4.84. The second kappa shape index (κ2) is 6.20. The zero-order valence-electron chi connectivity index (χ0n) is 12.6. The number of aliphatic hydroxyl groups is 1. The first kappa shape index (κ1) is 15.8. The molecule has 0 radical (unpaired) electrons. The van der Waals surface area contributed by atoms with Crippen LogP contribution in [0, 0.1) is 5.82 Å². The van der Waals surface area contributed by atoms with E-state index in [0.717, 1.165) is 43.4 Å². The lowest BCUT2D eigenvalue weighted by Crippen LogP contribution is -2.49. The molecule has 1 aliphatic carbocycles. The Kier molecular flexibility index (Phi) is 4.46. The third kappa shape index (κ3) is 3.01. The van der Waals surface area contributed by atoms with Gasteiger partial charge in [-0.25, -0.2) is 4.39 Å². The molecule has 1 unspecified atom stereocenters. The molecule has 1 heterocycles. The maximum absolute atomic E-state index is 13.2. The molecule has 2 N–H and O–H groups in total. The minimum Gasteiger partial charge on any atom is -0.387 e. The van der Waals surface area contributed by atoms with Crippen LogP contribution in [0.15, 0.2) is 24.3 Å². The van der Waals surface area contributed by atoms with Gasteiger partial charge < -0.3 is 10.4 Å². The Labute approximate surface area is 134 Å². The van der Waals surface area contributed by atoms with Gasteiger partial charge in [0.15, 0.2) is 0 Å². The first-order chi connectivity index (χ1) is 10.5. The van der Waals surface area contributed by atoms with Gasteiger partial charge in [0.1, 0.15) is 5.82 Å². The third-order valence-corrected chi connectivity index (χ3v) is 6.18. The Morgan fingerprint density at radius 1 is 1.23 bits per heavy atom. The number of hydrogen-bond donors (Lipinski definition) is 2. The number of benzene rings is 1. The van der Waals surface area contributed by atoms with Gasteiger partial charge in [0.05, 0.1) is 11.0 Å². The lowest BCUT2D eigenvalue weighted by atomic mass is 9.78. The van der Waals surface area contributed by atoms with Crippen molar-refractivity contribution < 1.29 is 14.3 Å². The van der Waals surface area contributed by atoms with E-state index in [0.29, 0.717) is 12.3 Å². The van der Waals surface area contributed by atoms with Crippen LogP contribution in [0.25, 0.3) is 0 Å². The Balaban J connectivity index is 1.75. The van der Waals surface area contributed by atoms with Crippen LogP contribution in [-0.4, -0.2) is 34.7 Å². The van der Waals surface area contributed by atoms with Gasteiger partial charge in [0.25, 0.3) is 0 Å². The predicted molar refractivity (Wildman–Crippen MR) is 86.4 cm³/mol. The maximum atomic E-state index is 13.2. The summed E-state index contributed by atoms with van der Waals surface area (Å²) in [4.78, 5) is 12.8. The molecule has 1 atom stereocenters. The summed E-state index contributed by atoms with van der Waals surface area (Å²) in [5.41, 5.74) is -0.449. The number of hydrogen-bond acceptors (Lipinski definition) is 3. The molecule has 3 nitrogen and oxygen atoms in total. The quantitative estimate of drug-likeness (QED) is 0.895. The molecule has 3 rings (SSSR count). The normalized spacial score (nSPS) is 27.0. The average Bonchev–Trinajstić information content (AvgIpc) is 3.16. The molecule has 0 aromatic heterocycles. The number of halogens is 1. The van der Waals surface area contributed by atoms with E-state index in [9.17, 15) is 14.3 Å². The number of nitrogens with one attached hydrogen (secondary N) is 1. The van der Waals surface area contributed by atoms with E-state index in [1.807, 2.05) is 0 Å². The van der Waals surface area contributed by atoms with Gasteiger partial charge in [0.2, 0.25) is 5.91 Å². The molecule has 1 amide bonds. The highest BCUT2D eigenvalue weighted by molar-refractivity contribution is 7.99. The fraction of sp³-hybridized carbons (Fsp3) is 0.588. The average molecular weight is 323 g/mol. The summed E-state index contributed by atoms with van der Waals surface area (Å²) in [5.74, 6) is 1.31. The Hall–Kier alpha value is -1.07. The summed E-state index contributed by atoms with van der Waals surface area (Å²) >= 11 is 1.72. The van der Waals surface area contributed by atoms with Crippen molar-refractivity contribution in [2.24, 2.45) is 0 Å². The SMILES string of the molecule is O=C(NCC1(O)CCSC1)C1(c2ccc(F)cc2)CCCC1. The van der Waals surface area contributed by atoms with E-state index < -0.39 is 11.0 Å². The minimum absolute atomic E-state index is 0.0260. The summed E-state index contributed by atoms with van der Waals surface area (Å²) in [7, 11) is 0. The molecule has 1 aromatic rings. The van der Waals surface area contributed by atoms with Gasteiger partial charge in [0, 0.05) is 12.3 Å². The van der Waals surface area contributed by atoms with Crippen LogP contribution in [0.5, 0.6) is 0 Å². The van der Waals surface area contributed by atoms with Gasteiger partial charge in [-0.2, -0.15) is 11.8 Å². The van der Waals surface area contributed by atoms with Crippen LogP contribution in [0.1, 0.15) is 37.7 Å². The molecule has 1 saturated carbocycles. The molecular weight excluding hydrogens is 301 g/mol. The van der Waals surface area contributed by atoms with Gasteiger partial charge >= 0.3 is 0 Å². The fourth-order valence-electron chi connectivity index (χ4n) is 3.54. The predicted octanol–water partition coefficient (Wildman–Crippen LogP) is 2.62. The van der Waals surface area contributed by atoms with E-state index in [2.05, 4.69) is 5.32 Å². The van der Waals surface area contributed by atoms with Gasteiger partial charge in [-0.1, -0.05) is 25.0 Å². The van der Waals surface area contributed by atoms with Crippen molar-refractivity contribution in [3.05, 3.63) is 35.6 Å². The highest BCUT2D eigenvalue weighted by Crippen LogP contribution is 2.41. The van der Waals surface area contributed by atoms with Crippen molar-refractivity contribution in [2.75, 3.05) is 18.1 Å². The standard InChI is InChI=1S/C17H22FNO2S/c18-14-5-3-13(4-6-14)17(7-1-2-8-17)15(20)19-11-16(21)9-10-22-12-16/h3-6,21H,1-2,7-12H2,(H,19,20). The van der Waals surface area contributed by atoms with Gasteiger partial charge in [-0.05, 0) is 42.7 Å². The zero-order chi connectivity index (χ0) is 15.6. The largest absolute Gasteiger partial charge is 0.387 e. The van der Waals surface area contributed by atoms with E-state index in [-0.39, 0.29) is 11.7 Å². The van der Waals surface area contributed by atoms with E-state index in [4.69, 9.17) is 0 Å². The molecule has 120 valence electrons. The lowest BCUT2D eigenvalue weighted by molar-refractivity contribution is -0.127. The number of thioether (sulfide) groups is 1. The molecule has 5 heteroatoms. The molecule has 0 spiro atoms. The van der Waals surface area contributed by atoms with E-state index in [1.54, 1.807) is 23.9 Å². The van der Waals surface area contributed by atoms with Crippen LogP contribution >= 0.6 is 11.8 Å². The first-order valence-corrected chi connectivity index (χ1v) is 9.04. The first-order valence-electron chi connectivity index (χ1n) is 7.89. The van der Waals surface area contributed by atoms with Crippen LogP contribution in [-0.2, 0) is 10.2 Å². The van der Waals surface area contributed by atoms with Crippen molar-refractivity contribution in [3.63, 3.8) is 0 Å². The van der Waals surface area contributed by atoms with E-state index in [1.165, 1.54) is 12.1 Å². The molecule has 1 aliphatic heterocycles. The number of carbonyl (C=O) groups excluding carboxylic acids is 1. The second-order valence-corrected chi connectivity index (χ2v) is 7.61. The summed E-state index contributed by atoms with van der Waals surface area (Å²) in [5, 5.41) is 13.4. The third-order valence-electron chi connectivity index (χ3n) is 4.95. The summed E-state index contributed by atoms with van der Waals surface area (Å²) in [6.07, 6.45) is 4.31. The van der Waals surface area contributed by atoms with Gasteiger partial charge in [-0.3, -0.25) is 4.79 Å². The zero-order valence-corrected chi connectivity index (χ0v) is 13.4. The molecule has 0 bridgehead atoms. The number of rotatable bonds is 4. The molecule has 2 aliphatic rings. The van der Waals surface area contributed by atoms with Crippen molar-refractivity contribution in [3.8, 4) is 0 Å². The van der Waals surface area contributed by atoms with Crippen molar-refractivity contribution in [2.45, 2.75) is 43.1 Å². The second-order valence-electron chi connectivity index (χ2n) is 6.51. The smallest absolute Gasteiger partial charge is 0.230 e. The monoisotopic (exact) mass is 323 g/mol. The molecule has 2 fully saturated rings. The molecule has 22 heavy (non-hydrogen) atoms.